The zero-order valence-corrected chi connectivity index (χ0v) is 24.1. The molecule has 2 aliphatic rings. The third-order valence-electron chi connectivity index (χ3n) is 7.72. The number of rotatable bonds is 9. The fourth-order valence-corrected chi connectivity index (χ4v) is 5.66. The van der Waals surface area contributed by atoms with E-state index in [0.717, 1.165) is 37.0 Å². The zero-order chi connectivity index (χ0) is 28.6. The van der Waals surface area contributed by atoms with Crippen molar-refractivity contribution in [1.29, 1.82) is 0 Å². The summed E-state index contributed by atoms with van der Waals surface area (Å²) in [6.07, 6.45) is 11.5. The van der Waals surface area contributed by atoms with Crippen LogP contribution in [0.5, 0.6) is 5.75 Å². The summed E-state index contributed by atoms with van der Waals surface area (Å²) in [7, 11) is 1.64. The Hall–Kier alpha value is -3.86. The van der Waals surface area contributed by atoms with E-state index in [2.05, 4.69) is 25.5 Å². The number of nitrogens with one attached hydrogen (secondary N) is 2. The summed E-state index contributed by atoms with van der Waals surface area (Å²) >= 11 is 6.40. The van der Waals surface area contributed by atoms with Gasteiger partial charge in [0.1, 0.15) is 23.0 Å². The predicted molar refractivity (Wildman–Crippen MR) is 157 cm³/mol. The second-order valence-corrected chi connectivity index (χ2v) is 10.9. The Balaban J connectivity index is 1.27. The molecule has 1 saturated heterocycles. The van der Waals surface area contributed by atoms with Crippen molar-refractivity contribution in [1.82, 2.24) is 35.1 Å². The minimum atomic E-state index is -0.288. The van der Waals surface area contributed by atoms with Gasteiger partial charge in [0, 0.05) is 57.1 Å². The molecule has 1 aliphatic carbocycles. The Bertz CT molecular complexity index is 1300. The van der Waals surface area contributed by atoms with Gasteiger partial charge in [-0.2, -0.15) is 4.98 Å². The maximum Gasteiger partial charge on any atom is 0.317 e. The normalized spacial score (nSPS) is 17.8. The standard InChI is InChI=1S/C29H37ClN8O3/c1-41-24-9-7-21(8-10-24)11-12-32-27(39)17-23-19-36(29(40)33-22-5-3-2-4-6-22)15-16-38(23)26-18-25(30)34-28(35-26)37-14-13-31-20-37/h7-10,13-14,18,20,22-23H,2-6,11-12,15-17,19H2,1H3,(H,32,39)(H,33,40). The number of methoxy groups -OCH3 is 1. The van der Waals surface area contributed by atoms with Crippen LogP contribution in [0.25, 0.3) is 5.95 Å². The first-order valence-electron chi connectivity index (χ1n) is 14.2. The summed E-state index contributed by atoms with van der Waals surface area (Å²) in [4.78, 5) is 43.4. The van der Waals surface area contributed by atoms with Gasteiger partial charge >= 0.3 is 6.03 Å². The number of amides is 3. The van der Waals surface area contributed by atoms with E-state index >= 15 is 0 Å². The van der Waals surface area contributed by atoms with Gasteiger partial charge in [0.25, 0.3) is 0 Å². The Labute approximate surface area is 245 Å². The third-order valence-corrected chi connectivity index (χ3v) is 7.91. The number of nitrogens with zero attached hydrogens (tertiary/aromatic N) is 6. The molecule has 11 nitrogen and oxygen atoms in total. The van der Waals surface area contributed by atoms with E-state index in [1.807, 2.05) is 29.2 Å². The van der Waals surface area contributed by atoms with E-state index in [1.165, 1.54) is 6.42 Å². The molecule has 2 fully saturated rings. The molecule has 41 heavy (non-hydrogen) atoms. The number of imidazole rings is 1. The Morgan fingerprint density at radius 3 is 2.63 bits per heavy atom. The molecule has 3 heterocycles. The molecule has 0 radical (unpaired) electrons. The quantitative estimate of drug-likeness (QED) is 0.371. The van der Waals surface area contributed by atoms with Crippen molar-refractivity contribution in [3.05, 3.63) is 59.8 Å². The Morgan fingerprint density at radius 2 is 1.90 bits per heavy atom. The Morgan fingerprint density at radius 1 is 1.10 bits per heavy atom. The first-order valence-corrected chi connectivity index (χ1v) is 14.6. The molecule has 1 saturated carbocycles. The molecule has 218 valence electrons. The molecule has 3 aromatic rings. The topological polar surface area (TPSA) is 118 Å². The molecule has 0 bridgehead atoms. The van der Waals surface area contributed by atoms with E-state index in [1.54, 1.807) is 36.5 Å². The van der Waals surface area contributed by atoms with Gasteiger partial charge in [-0.25, -0.2) is 14.8 Å². The van der Waals surface area contributed by atoms with Crippen molar-refractivity contribution in [3.8, 4) is 11.7 Å². The van der Waals surface area contributed by atoms with E-state index in [9.17, 15) is 9.59 Å². The molecule has 2 N–H and O–H groups in total. The lowest BCUT2D eigenvalue weighted by Gasteiger charge is -2.42. The maximum atomic E-state index is 13.2. The number of ether oxygens (including phenoxy) is 1. The van der Waals surface area contributed by atoms with Crippen LogP contribution in [0.1, 0.15) is 44.1 Å². The fraction of sp³-hybridized carbons (Fsp3) is 0.483. The van der Waals surface area contributed by atoms with Crippen molar-refractivity contribution in [2.24, 2.45) is 0 Å². The molecular weight excluding hydrogens is 544 g/mol. The highest BCUT2D eigenvalue weighted by atomic mass is 35.5. The number of hydrogen-bond acceptors (Lipinski definition) is 7. The van der Waals surface area contributed by atoms with E-state index < -0.39 is 0 Å². The highest BCUT2D eigenvalue weighted by molar-refractivity contribution is 6.29. The summed E-state index contributed by atoms with van der Waals surface area (Å²) in [5, 5.41) is 6.55. The second-order valence-electron chi connectivity index (χ2n) is 10.5. The number of urea groups is 1. The first-order chi connectivity index (χ1) is 20.0. The highest BCUT2D eigenvalue weighted by Gasteiger charge is 2.33. The number of anilines is 1. The summed E-state index contributed by atoms with van der Waals surface area (Å²) < 4.78 is 6.90. The molecule has 1 aliphatic heterocycles. The lowest BCUT2D eigenvalue weighted by atomic mass is 9.96. The lowest BCUT2D eigenvalue weighted by molar-refractivity contribution is -0.121. The average molecular weight is 581 g/mol. The van der Waals surface area contributed by atoms with Crippen LogP contribution < -0.4 is 20.3 Å². The minimum Gasteiger partial charge on any atom is -0.497 e. The van der Waals surface area contributed by atoms with Crippen LogP contribution in [0, 0.1) is 0 Å². The van der Waals surface area contributed by atoms with Gasteiger partial charge in [-0.1, -0.05) is 43.0 Å². The molecule has 1 unspecified atom stereocenters. The van der Waals surface area contributed by atoms with Crippen molar-refractivity contribution >= 4 is 29.4 Å². The van der Waals surface area contributed by atoms with Crippen LogP contribution in [-0.2, 0) is 11.2 Å². The van der Waals surface area contributed by atoms with Crippen LogP contribution in [-0.4, -0.2) is 81.7 Å². The number of carbonyl (C=O) groups is 2. The van der Waals surface area contributed by atoms with Gasteiger partial charge in [0.05, 0.1) is 13.2 Å². The number of aromatic nitrogens is 4. The minimum absolute atomic E-state index is 0.0683. The van der Waals surface area contributed by atoms with Crippen LogP contribution in [0.2, 0.25) is 5.15 Å². The van der Waals surface area contributed by atoms with Crippen molar-refractivity contribution < 1.29 is 14.3 Å². The Kier molecular flexibility index (Phi) is 9.55. The van der Waals surface area contributed by atoms with Crippen LogP contribution in [0.3, 0.4) is 0 Å². The second kappa shape index (κ2) is 13.7. The van der Waals surface area contributed by atoms with Gasteiger partial charge in [-0.15, -0.1) is 0 Å². The molecule has 5 rings (SSSR count). The molecule has 12 heteroatoms. The van der Waals surface area contributed by atoms with E-state index in [4.69, 9.17) is 21.3 Å². The highest BCUT2D eigenvalue weighted by Crippen LogP contribution is 2.25. The number of halogens is 1. The number of benzene rings is 1. The predicted octanol–water partition coefficient (Wildman–Crippen LogP) is 3.61. The van der Waals surface area contributed by atoms with Crippen LogP contribution in [0.15, 0.2) is 49.1 Å². The molecule has 1 atom stereocenters. The third kappa shape index (κ3) is 7.66. The molecule has 0 spiro atoms. The monoisotopic (exact) mass is 580 g/mol. The zero-order valence-electron chi connectivity index (χ0n) is 23.3. The summed E-state index contributed by atoms with van der Waals surface area (Å²) in [5.41, 5.74) is 1.11. The van der Waals surface area contributed by atoms with Crippen LogP contribution in [0.4, 0.5) is 10.6 Å². The van der Waals surface area contributed by atoms with Gasteiger partial charge in [0.15, 0.2) is 0 Å². The van der Waals surface area contributed by atoms with E-state index in [-0.39, 0.29) is 30.4 Å². The van der Waals surface area contributed by atoms with Crippen LogP contribution >= 0.6 is 11.6 Å². The smallest absolute Gasteiger partial charge is 0.317 e. The molecular formula is C29H37ClN8O3. The van der Waals surface area contributed by atoms with E-state index in [0.29, 0.717) is 49.5 Å². The molecule has 1 aromatic carbocycles. The number of hydrogen-bond donors (Lipinski definition) is 2. The number of piperazine rings is 1. The van der Waals surface area contributed by atoms with Gasteiger partial charge in [-0.3, -0.25) is 9.36 Å². The summed E-state index contributed by atoms with van der Waals surface area (Å²) in [6, 6.07) is 9.37. The SMILES string of the molecule is COc1ccc(CCNC(=O)CC2CN(C(=O)NC3CCCCC3)CCN2c2cc(Cl)nc(-n3ccnc3)n2)cc1. The van der Waals surface area contributed by atoms with Gasteiger partial charge in [0.2, 0.25) is 11.9 Å². The average Bonchev–Trinajstić information content (AvgIpc) is 3.53. The first kappa shape index (κ1) is 28.7. The van der Waals surface area contributed by atoms with Crippen molar-refractivity contribution in [3.63, 3.8) is 0 Å². The lowest BCUT2D eigenvalue weighted by Crippen LogP contribution is -2.59. The number of carbonyl (C=O) groups excluding carboxylic acids is 2. The fourth-order valence-electron chi connectivity index (χ4n) is 5.49. The maximum absolute atomic E-state index is 13.2. The van der Waals surface area contributed by atoms with Gasteiger partial charge in [-0.05, 0) is 37.0 Å². The molecule has 2 aromatic heterocycles. The van der Waals surface area contributed by atoms with Crippen molar-refractivity contribution in [2.45, 2.75) is 57.0 Å². The summed E-state index contributed by atoms with van der Waals surface area (Å²) in [6.45, 7) is 1.93. The van der Waals surface area contributed by atoms with Crippen molar-refractivity contribution in [2.75, 3.05) is 38.2 Å². The molecule has 3 amide bonds. The van der Waals surface area contributed by atoms with Gasteiger partial charge < -0.3 is 25.2 Å². The summed E-state index contributed by atoms with van der Waals surface area (Å²) in [5.74, 6) is 1.72. The largest absolute Gasteiger partial charge is 0.497 e.